The number of sulfonamides is 1. The van der Waals surface area contributed by atoms with Crippen molar-refractivity contribution in [2.75, 3.05) is 21.9 Å². The van der Waals surface area contributed by atoms with Gasteiger partial charge in [0.1, 0.15) is 0 Å². The van der Waals surface area contributed by atoms with Gasteiger partial charge in [-0.25, -0.2) is 8.42 Å². The molecule has 1 aliphatic heterocycles. The summed E-state index contributed by atoms with van der Waals surface area (Å²) in [6, 6.07) is 9.37. The number of hydrogen-bond donors (Lipinski definition) is 1. The molecule has 0 aromatic heterocycles. The van der Waals surface area contributed by atoms with Crippen molar-refractivity contribution in [1.29, 1.82) is 0 Å². The van der Waals surface area contributed by atoms with Gasteiger partial charge in [0, 0.05) is 17.8 Å². The molecule has 0 radical (unpaired) electrons. The molecule has 1 heterocycles. The predicted molar refractivity (Wildman–Crippen MR) is 110 cm³/mol. The van der Waals surface area contributed by atoms with E-state index >= 15 is 0 Å². The molecule has 0 bridgehead atoms. The van der Waals surface area contributed by atoms with Crippen LogP contribution in [-0.4, -0.2) is 26.6 Å². The molecule has 2 aromatic carbocycles. The molecule has 5 nitrogen and oxygen atoms in total. The maximum Gasteiger partial charge on any atom is 0.255 e. The zero-order chi connectivity index (χ0) is 19.8. The highest BCUT2D eigenvalue weighted by molar-refractivity contribution is 7.92. The lowest BCUT2D eigenvalue weighted by Gasteiger charge is -2.30. The zero-order valence-electron chi connectivity index (χ0n) is 16.3. The van der Waals surface area contributed by atoms with E-state index in [1.807, 2.05) is 39.0 Å². The van der Waals surface area contributed by atoms with Gasteiger partial charge in [-0.15, -0.1) is 0 Å². The van der Waals surface area contributed by atoms with Crippen LogP contribution in [0.15, 0.2) is 30.3 Å². The second-order valence-corrected chi connectivity index (χ2v) is 9.33. The number of nitrogens with one attached hydrogen (secondary N) is 1. The first-order valence-electron chi connectivity index (χ1n) is 9.25. The molecule has 0 saturated carbocycles. The van der Waals surface area contributed by atoms with E-state index in [9.17, 15) is 13.2 Å². The average Bonchev–Trinajstić information content (AvgIpc) is 2.63. The molecule has 1 aliphatic rings. The van der Waals surface area contributed by atoms with E-state index in [1.54, 1.807) is 19.1 Å². The van der Waals surface area contributed by atoms with Gasteiger partial charge >= 0.3 is 0 Å². The normalized spacial score (nSPS) is 14.0. The van der Waals surface area contributed by atoms with Crippen molar-refractivity contribution in [3.8, 4) is 0 Å². The van der Waals surface area contributed by atoms with Crippen LogP contribution in [0.5, 0.6) is 0 Å². The second kappa shape index (κ2) is 7.35. The Hall–Kier alpha value is -2.34. The monoisotopic (exact) mass is 386 g/mol. The average molecular weight is 387 g/mol. The van der Waals surface area contributed by atoms with Gasteiger partial charge in [0.15, 0.2) is 0 Å². The van der Waals surface area contributed by atoms with Crippen molar-refractivity contribution in [3.05, 3.63) is 58.1 Å². The summed E-state index contributed by atoms with van der Waals surface area (Å²) < 4.78 is 26.1. The number of nitrogens with zero attached hydrogens (tertiary/aromatic N) is 1. The Morgan fingerprint density at radius 2 is 1.78 bits per heavy atom. The molecule has 27 heavy (non-hydrogen) atoms. The number of amides is 1. The second-order valence-electron chi connectivity index (χ2n) is 7.15. The maximum absolute atomic E-state index is 12.8. The maximum atomic E-state index is 12.8. The van der Waals surface area contributed by atoms with Crippen molar-refractivity contribution in [1.82, 2.24) is 0 Å². The largest absolute Gasteiger partial charge is 0.322 e. The van der Waals surface area contributed by atoms with Crippen molar-refractivity contribution in [3.63, 3.8) is 0 Å². The number of anilines is 2. The fourth-order valence-electron chi connectivity index (χ4n) is 3.71. The highest BCUT2D eigenvalue weighted by Crippen LogP contribution is 2.31. The van der Waals surface area contributed by atoms with E-state index < -0.39 is 10.0 Å². The van der Waals surface area contributed by atoms with Gasteiger partial charge in [-0.1, -0.05) is 17.7 Å². The minimum Gasteiger partial charge on any atom is -0.322 e. The highest BCUT2D eigenvalue weighted by atomic mass is 32.2. The molecule has 1 amide bonds. The summed E-state index contributed by atoms with van der Waals surface area (Å²) in [6.45, 7) is 8.14. The molecular formula is C21H26N2O3S. The fraction of sp³-hybridized carbons (Fsp3) is 0.381. The molecule has 0 fully saturated rings. The van der Waals surface area contributed by atoms with Gasteiger partial charge in [-0.3, -0.25) is 9.10 Å². The lowest BCUT2D eigenvalue weighted by Crippen LogP contribution is -2.36. The lowest BCUT2D eigenvalue weighted by atomic mass is 10.00. The molecule has 0 atom stereocenters. The first kappa shape index (κ1) is 19.4. The Morgan fingerprint density at radius 1 is 1.11 bits per heavy atom. The van der Waals surface area contributed by atoms with Crippen LogP contribution in [0.3, 0.4) is 0 Å². The number of carbonyl (C=O) groups is 1. The van der Waals surface area contributed by atoms with Gasteiger partial charge in [-0.2, -0.15) is 0 Å². The van der Waals surface area contributed by atoms with Crippen LogP contribution in [0.2, 0.25) is 0 Å². The summed E-state index contributed by atoms with van der Waals surface area (Å²) in [5.74, 6) is -0.107. The Labute approximate surface area is 161 Å². The summed E-state index contributed by atoms with van der Waals surface area (Å²) in [5, 5.41) is 3.01. The first-order valence-corrected chi connectivity index (χ1v) is 10.9. The van der Waals surface area contributed by atoms with Crippen LogP contribution in [0, 0.1) is 20.8 Å². The molecule has 0 aliphatic carbocycles. The number of hydrogen-bond acceptors (Lipinski definition) is 3. The van der Waals surface area contributed by atoms with E-state index in [-0.39, 0.29) is 11.7 Å². The number of benzene rings is 2. The zero-order valence-corrected chi connectivity index (χ0v) is 17.1. The molecule has 0 spiro atoms. The molecule has 1 N–H and O–H groups in total. The smallest absolute Gasteiger partial charge is 0.255 e. The van der Waals surface area contributed by atoms with E-state index in [0.29, 0.717) is 17.8 Å². The fourth-order valence-corrected chi connectivity index (χ4v) is 4.91. The van der Waals surface area contributed by atoms with E-state index in [2.05, 4.69) is 5.32 Å². The first-order chi connectivity index (χ1) is 12.7. The molecule has 144 valence electrons. The summed E-state index contributed by atoms with van der Waals surface area (Å²) in [4.78, 5) is 12.8. The quantitative estimate of drug-likeness (QED) is 0.865. The molecule has 0 saturated heterocycles. The van der Waals surface area contributed by atoms with Gasteiger partial charge in [0.05, 0.1) is 11.4 Å². The standard InChI is InChI=1S/C21H26N2O3S/c1-5-27(25,26)23-10-6-7-17-13-18(8-9-19(17)23)21(24)22-20-15(3)11-14(2)12-16(20)4/h8-9,11-13H,5-7,10H2,1-4H3,(H,22,24). The van der Waals surface area contributed by atoms with Gasteiger partial charge in [-0.05, 0) is 75.4 Å². The number of rotatable bonds is 4. The number of carbonyl (C=O) groups excluding carboxylic acids is 1. The van der Waals surface area contributed by atoms with E-state index in [0.717, 1.165) is 40.8 Å². The summed E-state index contributed by atoms with van der Waals surface area (Å²) in [7, 11) is -3.30. The van der Waals surface area contributed by atoms with E-state index in [4.69, 9.17) is 0 Å². The van der Waals surface area contributed by atoms with Crippen LogP contribution in [0.1, 0.15) is 46.0 Å². The van der Waals surface area contributed by atoms with Crippen LogP contribution >= 0.6 is 0 Å². The van der Waals surface area contributed by atoms with Crippen LogP contribution in [0.4, 0.5) is 11.4 Å². The molecule has 6 heteroatoms. The molecule has 3 rings (SSSR count). The van der Waals surface area contributed by atoms with Crippen LogP contribution < -0.4 is 9.62 Å². The SMILES string of the molecule is CCS(=O)(=O)N1CCCc2cc(C(=O)Nc3c(C)cc(C)cc3C)ccc21. The summed E-state index contributed by atoms with van der Waals surface area (Å²) >= 11 is 0. The predicted octanol–water partition coefficient (Wildman–Crippen LogP) is 3.97. The summed E-state index contributed by atoms with van der Waals surface area (Å²) in [6.07, 6.45) is 1.53. The van der Waals surface area contributed by atoms with E-state index in [1.165, 1.54) is 4.31 Å². The Balaban J connectivity index is 1.90. The van der Waals surface area contributed by atoms with Gasteiger partial charge in [0.2, 0.25) is 10.0 Å². The Bertz CT molecular complexity index is 973. The van der Waals surface area contributed by atoms with Crippen molar-refractivity contribution < 1.29 is 13.2 Å². The molecular weight excluding hydrogens is 360 g/mol. The topological polar surface area (TPSA) is 66.5 Å². The van der Waals surface area contributed by atoms with Crippen molar-refractivity contribution >= 4 is 27.3 Å². The van der Waals surface area contributed by atoms with Crippen molar-refractivity contribution in [2.45, 2.75) is 40.5 Å². The summed E-state index contributed by atoms with van der Waals surface area (Å²) in [5.41, 5.74) is 6.19. The molecule has 2 aromatic rings. The highest BCUT2D eigenvalue weighted by Gasteiger charge is 2.26. The Kier molecular flexibility index (Phi) is 5.29. The minimum absolute atomic E-state index is 0.0701. The van der Waals surface area contributed by atoms with Crippen LogP contribution in [0.25, 0.3) is 0 Å². The van der Waals surface area contributed by atoms with Crippen LogP contribution in [-0.2, 0) is 16.4 Å². The van der Waals surface area contributed by atoms with Crippen molar-refractivity contribution in [2.24, 2.45) is 0 Å². The third-order valence-corrected chi connectivity index (χ3v) is 6.81. The van der Waals surface area contributed by atoms with Gasteiger partial charge in [0.25, 0.3) is 5.91 Å². The Morgan fingerprint density at radius 3 is 2.41 bits per heavy atom. The number of fused-ring (bicyclic) bond motifs is 1. The van der Waals surface area contributed by atoms with Gasteiger partial charge < -0.3 is 5.32 Å². The molecule has 0 unspecified atom stereocenters. The lowest BCUT2D eigenvalue weighted by molar-refractivity contribution is 0.102. The third kappa shape index (κ3) is 3.86. The minimum atomic E-state index is -3.30. The third-order valence-electron chi connectivity index (χ3n) is 5.03. The number of aryl methyl sites for hydroxylation is 4.